The molecule has 2 atom stereocenters. The minimum absolute atomic E-state index is 0.0793. The minimum atomic E-state index is -0.470. The highest BCUT2D eigenvalue weighted by Gasteiger charge is 2.29. The Balaban J connectivity index is 1.97. The molecule has 0 bridgehead atoms. The van der Waals surface area contributed by atoms with Crippen LogP contribution in [-0.4, -0.2) is 35.8 Å². The van der Waals surface area contributed by atoms with Gasteiger partial charge in [-0.05, 0) is 45.2 Å². The van der Waals surface area contributed by atoms with E-state index in [1.54, 1.807) is 6.20 Å². The van der Waals surface area contributed by atoms with E-state index in [0.717, 1.165) is 25.3 Å². The van der Waals surface area contributed by atoms with Gasteiger partial charge < -0.3 is 15.0 Å². The molecule has 116 valence electrons. The van der Waals surface area contributed by atoms with Crippen LogP contribution in [0, 0.1) is 5.92 Å². The lowest BCUT2D eigenvalue weighted by Gasteiger charge is -2.38. The summed E-state index contributed by atoms with van der Waals surface area (Å²) >= 11 is 0. The standard InChI is InChI=1S/C16H25N3O2/c1-12-8-10-19(14-7-5-6-9-17-14)11-13(12)18-15(20)21-16(2,3)4/h5-7,9,12-13H,8,10-11H2,1-4H3,(H,18,20). The van der Waals surface area contributed by atoms with Crippen molar-refractivity contribution in [1.82, 2.24) is 10.3 Å². The molecule has 1 N–H and O–H groups in total. The molecular formula is C16H25N3O2. The molecule has 2 heterocycles. The van der Waals surface area contributed by atoms with Crippen LogP contribution in [0.5, 0.6) is 0 Å². The second-order valence-electron chi connectivity index (χ2n) is 6.65. The molecule has 5 heteroatoms. The number of alkyl carbamates (subject to hydrolysis) is 1. The van der Waals surface area contributed by atoms with E-state index < -0.39 is 5.60 Å². The number of rotatable bonds is 2. The summed E-state index contributed by atoms with van der Waals surface area (Å²) < 4.78 is 5.35. The van der Waals surface area contributed by atoms with Gasteiger partial charge in [-0.1, -0.05) is 13.0 Å². The zero-order valence-electron chi connectivity index (χ0n) is 13.3. The largest absolute Gasteiger partial charge is 0.444 e. The van der Waals surface area contributed by atoms with Crippen molar-refractivity contribution >= 4 is 11.9 Å². The van der Waals surface area contributed by atoms with Gasteiger partial charge in [0, 0.05) is 19.3 Å². The molecular weight excluding hydrogens is 266 g/mol. The van der Waals surface area contributed by atoms with Gasteiger partial charge >= 0.3 is 6.09 Å². The second kappa shape index (κ2) is 6.33. The van der Waals surface area contributed by atoms with Crippen LogP contribution < -0.4 is 10.2 Å². The Labute approximate surface area is 126 Å². The summed E-state index contributed by atoms with van der Waals surface area (Å²) in [5.41, 5.74) is -0.470. The number of hydrogen-bond donors (Lipinski definition) is 1. The van der Waals surface area contributed by atoms with E-state index in [4.69, 9.17) is 4.74 Å². The maximum atomic E-state index is 11.9. The molecule has 0 aromatic carbocycles. The SMILES string of the molecule is CC1CCN(c2ccccn2)CC1NC(=O)OC(C)(C)C. The lowest BCUT2D eigenvalue weighted by Crippen LogP contribution is -2.53. The summed E-state index contributed by atoms with van der Waals surface area (Å²) in [6.45, 7) is 9.51. The fourth-order valence-corrected chi connectivity index (χ4v) is 2.47. The van der Waals surface area contributed by atoms with Crippen LogP contribution in [0.15, 0.2) is 24.4 Å². The van der Waals surface area contributed by atoms with Gasteiger partial charge in [0.1, 0.15) is 11.4 Å². The Morgan fingerprint density at radius 1 is 1.43 bits per heavy atom. The zero-order chi connectivity index (χ0) is 15.5. The Bertz CT molecular complexity index is 470. The molecule has 1 amide bonds. The molecule has 21 heavy (non-hydrogen) atoms. The third-order valence-electron chi connectivity index (χ3n) is 3.63. The van der Waals surface area contributed by atoms with Crippen LogP contribution in [0.1, 0.15) is 34.1 Å². The Morgan fingerprint density at radius 3 is 2.81 bits per heavy atom. The van der Waals surface area contributed by atoms with Crippen LogP contribution >= 0.6 is 0 Å². The van der Waals surface area contributed by atoms with Crippen LogP contribution in [0.4, 0.5) is 10.6 Å². The normalized spacial score (nSPS) is 22.8. The predicted molar refractivity (Wildman–Crippen MR) is 83.4 cm³/mol. The highest BCUT2D eigenvalue weighted by atomic mass is 16.6. The molecule has 1 aromatic rings. The number of hydrogen-bond acceptors (Lipinski definition) is 4. The lowest BCUT2D eigenvalue weighted by molar-refractivity contribution is 0.0483. The molecule has 1 fully saturated rings. The van der Waals surface area contributed by atoms with Crippen LogP contribution in [0.2, 0.25) is 0 Å². The maximum Gasteiger partial charge on any atom is 0.407 e. The van der Waals surface area contributed by atoms with Crippen molar-refractivity contribution in [2.75, 3.05) is 18.0 Å². The molecule has 0 saturated carbocycles. The number of aromatic nitrogens is 1. The molecule has 1 aromatic heterocycles. The number of pyridine rings is 1. The average Bonchev–Trinajstić information content (AvgIpc) is 2.40. The van der Waals surface area contributed by atoms with E-state index in [1.165, 1.54) is 0 Å². The molecule has 1 saturated heterocycles. The van der Waals surface area contributed by atoms with Gasteiger partial charge in [-0.3, -0.25) is 0 Å². The second-order valence-corrected chi connectivity index (χ2v) is 6.65. The Morgan fingerprint density at radius 2 is 2.19 bits per heavy atom. The number of anilines is 1. The van der Waals surface area contributed by atoms with Crippen LogP contribution in [0.25, 0.3) is 0 Å². The fraction of sp³-hybridized carbons (Fsp3) is 0.625. The first-order valence-corrected chi connectivity index (χ1v) is 7.50. The smallest absolute Gasteiger partial charge is 0.407 e. The van der Waals surface area contributed by atoms with E-state index in [2.05, 4.69) is 22.1 Å². The minimum Gasteiger partial charge on any atom is -0.444 e. The van der Waals surface area contributed by atoms with Gasteiger partial charge in [0.15, 0.2) is 0 Å². The van der Waals surface area contributed by atoms with E-state index in [1.807, 2.05) is 39.0 Å². The number of ether oxygens (including phenoxy) is 1. The summed E-state index contributed by atoms with van der Waals surface area (Å²) in [6, 6.07) is 5.97. The molecule has 0 aliphatic carbocycles. The summed E-state index contributed by atoms with van der Waals surface area (Å²) in [5.74, 6) is 1.39. The highest BCUT2D eigenvalue weighted by molar-refractivity contribution is 5.68. The van der Waals surface area contributed by atoms with Gasteiger partial charge in [0.05, 0.1) is 6.04 Å². The predicted octanol–water partition coefficient (Wildman–Crippen LogP) is 2.82. The summed E-state index contributed by atoms with van der Waals surface area (Å²) in [4.78, 5) is 18.5. The average molecular weight is 291 g/mol. The number of nitrogens with zero attached hydrogens (tertiary/aromatic N) is 2. The number of amides is 1. The molecule has 0 radical (unpaired) electrons. The van der Waals surface area contributed by atoms with Crippen molar-refractivity contribution in [3.05, 3.63) is 24.4 Å². The van der Waals surface area contributed by atoms with Crippen molar-refractivity contribution in [3.8, 4) is 0 Å². The van der Waals surface area contributed by atoms with E-state index >= 15 is 0 Å². The van der Waals surface area contributed by atoms with E-state index in [0.29, 0.717) is 5.92 Å². The molecule has 1 aliphatic heterocycles. The maximum absolute atomic E-state index is 11.9. The Hall–Kier alpha value is -1.78. The first kappa shape index (κ1) is 15.6. The topological polar surface area (TPSA) is 54.5 Å². The first-order chi connectivity index (χ1) is 9.85. The van der Waals surface area contributed by atoms with Crippen LogP contribution in [-0.2, 0) is 4.74 Å². The Kier molecular flexibility index (Phi) is 4.70. The molecule has 2 unspecified atom stereocenters. The van der Waals surface area contributed by atoms with Gasteiger partial charge in [-0.25, -0.2) is 9.78 Å². The van der Waals surface area contributed by atoms with Crippen molar-refractivity contribution in [2.24, 2.45) is 5.92 Å². The van der Waals surface area contributed by atoms with Crippen molar-refractivity contribution in [3.63, 3.8) is 0 Å². The summed E-state index contributed by atoms with van der Waals surface area (Å²) in [5, 5.41) is 2.99. The number of carbonyl (C=O) groups is 1. The molecule has 5 nitrogen and oxygen atoms in total. The number of piperidine rings is 1. The lowest BCUT2D eigenvalue weighted by atomic mass is 9.93. The van der Waals surface area contributed by atoms with Crippen molar-refractivity contribution < 1.29 is 9.53 Å². The molecule has 0 spiro atoms. The van der Waals surface area contributed by atoms with Gasteiger partial charge in [-0.15, -0.1) is 0 Å². The summed E-state index contributed by atoms with van der Waals surface area (Å²) in [6.07, 6.45) is 2.47. The number of nitrogens with one attached hydrogen (secondary N) is 1. The quantitative estimate of drug-likeness (QED) is 0.910. The third kappa shape index (κ3) is 4.62. The van der Waals surface area contributed by atoms with Crippen molar-refractivity contribution in [2.45, 2.75) is 45.8 Å². The number of carbonyl (C=O) groups excluding carboxylic acids is 1. The van der Waals surface area contributed by atoms with Crippen molar-refractivity contribution in [1.29, 1.82) is 0 Å². The monoisotopic (exact) mass is 291 g/mol. The molecule has 2 rings (SSSR count). The first-order valence-electron chi connectivity index (χ1n) is 7.50. The van der Waals surface area contributed by atoms with E-state index in [-0.39, 0.29) is 12.1 Å². The van der Waals surface area contributed by atoms with Gasteiger partial charge in [0.2, 0.25) is 0 Å². The summed E-state index contributed by atoms with van der Waals surface area (Å²) in [7, 11) is 0. The molecule has 1 aliphatic rings. The third-order valence-corrected chi connectivity index (χ3v) is 3.63. The van der Waals surface area contributed by atoms with Gasteiger partial charge in [-0.2, -0.15) is 0 Å². The van der Waals surface area contributed by atoms with Crippen LogP contribution in [0.3, 0.4) is 0 Å². The van der Waals surface area contributed by atoms with E-state index in [9.17, 15) is 4.79 Å². The zero-order valence-corrected chi connectivity index (χ0v) is 13.3. The highest BCUT2D eigenvalue weighted by Crippen LogP contribution is 2.22. The van der Waals surface area contributed by atoms with Gasteiger partial charge in [0.25, 0.3) is 0 Å². The fourth-order valence-electron chi connectivity index (χ4n) is 2.47.